The Bertz CT molecular complexity index is 341. The van der Waals surface area contributed by atoms with Crippen molar-refractivity contribution in [2.75, 3.05) is 0 Å². The second-order valence-electron chi connectivity index (χ2n) is 4.30. The summed E-state index contributed by atoms with van der Waals surface area (Å²) >= 11 is 0. The van der Waals surface area contributed by atoms with Crippen molar-refractivity contribution in [3.63, 3.8) is 0 Å². The smallest absolute Gasteiger partial charge is 0.244 e. The average Bonchev–Trinajstić information content (AvgIpc) is 2.33. The van der Waals surface area contributed by atoms with E-state index < -0.39 is 8.07 Å². The summed E-state index contributed by atoms with van der Waals surface area (Å²) < 4.78 is 4.11. The van der Waals surface area contributed by atoms with Gasteiger partial charge in [0.1, 0.15) is 20.5 Å². The van der Waals surface area contributed by atoms with E-state index in [-0.39, 0.29) is 24.0 Å². The number of nitrogens with zero attached hydrogens (tertiary/aromatic N) is 2. The van der Waals surface area contributed by atoms with Crippen molar-refractivity contribution in [3.8, 4) is 11.5 Å². The van der Waals surface area contributed by atoms with Gasteiger partial charge in [-0.2, -0.15) is 0 Å². The summed E-state index contributed by atoms with van der Waals surface area (Å²) in [6.45, 7) is 7.59. The molecule has 78 valence electrons. The third-order valence-electron chi connectivity index (χ3n) is 1.55. The molecule has 0 unspecified atom stereocenters. The van der Waals surface area contributed by atoms with Gasteiger partial charge in [-0.15, -0.1) is 5.54 Å². The molecule has 1 rings (SSSR count). The Labute approximate surface area is 104 Å². The van der Waals surface area contributed by atoms with Gasteiger partial charge >= 0.3 is 0 Å². The van der Waals surface area contributed by atoms with Crippen LogP contribution in [0.3, 0.4) is 0 Å². The SMILES string of the molecule is C[n+]1ccn(CC#C[Si](C)(C)C)c1.[I-]. The summed E-state index contributed by atoms with van der Waals surface area (Å²) in [4.78, 5) is 0. The van der Waals surface area contributed by atoms with Crippen molar-refractivity contribution in [2.45, 2.75) is 26.2 Å². The highest BCUT2D eigenvalue weighted by Gasteiger charge is 2.07. The molecule has 0 bridgehead atoms. The van der Waals surface area contributed by atoms with Gasteiger partial charge in [0, 0.05) is 0 Å². The van der Waals surface area contributed by atoms with Gasteiger partial charge in [0.05, 0.1) is 7.05 Å². The number of hydrogen-bond donors (Lipinski definition) is 0. The Balaban J connectivity index is 0.00000169. The fraction of sp³-hybridized carbons (Fsp3) is 0.500. The molecule has 0 saturated heterocycles. The van der Waals surface area contributed by atoms with E-state index in [0.29, 0.717) is 0 Å². The first-order valence-electron chi connectivity index (χ1n) is 4.48. The number of aromatic nitrogens is 2. The Morgan fingerprint density at radius 1 is 1.36 bits per heavy atom. The van der Waals surface area contributed by atoms with Crippen LogP contribution >= 0.6 is 0 Å². The summed E-state index contributed by atoms with van der Waals surface area (Å²) in [7, 11) is 0.831. The quantitative estimate of drug-likeness (QED) is 0.250. The lowest BCUT2D eigenvalue weighted by molar-refractivity contribution is -0.671. The minimum atomic E-state index is -1.19. The van der Waals surface area contributed by atoms with Crippen molar-refractivity contribution in [1.82, 2.24) is 4.57 Å². The van der Waals surface area contributed by atoms with Crippen molar-refractivity contribution in [3.05, 3.63) is 18.7 Å². The van der Waals surface area contributed by atoms with Gasteiger partial charge in [0.25, 0.3) is 0 Å². The van der Waals surface area contributed by atoms with Crippen molar-refractivity contribution in [2.24, 2.45) is 7.05 Å². The molecule has 0 spiro atoms. The van der Waals surface area contributed by atoms with Gasteiger partial charge in [-0.1, -0.05) is 25.6 Å². The zero-order chi connectivity index (χ0) is 9.90. The largest absolute Gasteiger partial charge is 1.00 e. The second kappa shape index (κ2) is 5.56. The van der Waals surface area contributed by atoms with Crippen molar-refractivity contribution in [1.29, 1.82) is 0 Å². The summed E-state index contributed by atoms with van der Waals surface area (Å²) in [6, 6.07) is 0. The molecular weight excluding hydrogens is 303 g/mol. The van der Waals surface area contributed by atoms with E-state index >= 15 is 0 Å². The van der Waals surface area contributed by atoms with Gasteiger partial charge in [-0.05, 0) is 0 Å². The number of halogens is 1. The molecule has 0 aliphatic carbocycles. The zero-order valence-corrected chi connectivity index (χ0v) is 12.4. The predicted molar refractivity (Wildman–Crippen MR) is 56.7 cm³/mol. The molecule has 14 heavy (non-hydrogen) atoms. The Hall–Kier alpha value is -0.283. The fourth-order valence-electron chi connectivity index (χ4n) is 0.991. The lowest BCUT2D eigenvalue weighted by atomic mass is 10.6. The van der Waals surface area contributed by atoms with E-state index in [1.165, 1.54) is 0 Å². The number of rotatable bonds is 1. The fourth-order valence-corrected chi connectivity index (χ4v) is 1.60. The van der Waals surface area contributed by atoms with E-state index in [1.54, 1.807) is 0 Å². The van der Waals surface area contributed by atoms with Crippen LogP contribution in [-0.2, 0) is 13.6 Å². The lowest BCUT2D eigenvalue weighted by Crippen LogP contribution is -3.00. The van der Waals surface area contributed by atoms with E-state index in [9.17, 15) is 0 Å². The molecule has 2 nitrogen and oxygen atoms in total. The zero-order valence-electron chi connectivity index (χ0n) is 9.21. The van der Waals surface area contributed by atoms with E-state index in [4.69, 9.17) is 0 Å². The van der Waals surface area contributed by atoms with Gasteiger partial charge < -0.3 is 24.0 Å². The van der Waals surface area contributed by atoms with Crippen LogP contribution in [0.15, 0.2) is 18.7 Å². The molecule has 0 N–H and O–H groups in total. The van der Waals surface area contributed by atoms with Gasteiger partial charge in [0.15, 0.2) is 6.54 Å². The average molecular weight is 320 g/mol. The first-order valence-corrected chi connectivity index (χ1v) is 7.98. The van der Waals surface area contributed by atoms with Crippen molar-refractivity contribution >= 4 is 8.07 Å². The molecule has 0 fully saturated rings. The van der Waals surface area contributed by atoms with Crippen LogP contribution in [0.2, 0.25) is 19.6 Å². The van der Waals surface area contributed by atoms with Crippen LogP contribution in [-0.4, -0.2) is 12.6 Å². The topological polar surface area (TPSA) is 8.81 Å². The van der Waals surface area contributed by atoms with Gasteiger partial charge in [-0.25, -0.2) is 9.13 Å². The van der Waals surface area contributed by atoms with Crippen LogP contribution in [0.4, 0.5) is 0 Å². The highest BCUT2D eigenvalue weighted by molar-refractivity contribution is 6.83. The molecular formula is C10H17IN2Si. The van der Waals surface area contributed by atoms with Crippen LogP contribution in [0.1, 0.15) is 0 Å². The predicted octanol–water partition coefficient (Wildman–Crippen LogP) is -1.80. The van der Waals surface area contributed by atoms with Gasteiger partial charge in [-0.3, -0.25) is 0 Å². The lowest BCUT2D eigenvalue weighted by Gasteiger charge is -2.02. The Kier molecular flexibility index (Phi) is 5.45. The molecule has 0 aliphatic rings. The molecule has 1 heterocycles. The van der Waals surface area contributed by atoms with Crippen LogP contribution in [0.25, 0.3) is 0 Å². The van der Waals surface area contributed by atoms with Gasteiger partial charge in [0.2, 0.25) is 6.33 Å². The Morgan fingerprint density at radius 3 is 2.43 bits per heavy atom. The summed E-state index contributed by atoms with van der Waals surface area (Å²) in [5, 5.41) is 0. The standard InChI is InChI=1S/C10H17N2Si.HI/c1-11-7-8-12(10-11)6-5-9-13(2,3)4;/h7-8,10H,6H2,1-4H3;1H/q+1;/p-1. The molecule has 1 aromatic heterocycles. The second-order valence-corrected chi connectivity index (χ2v) is 9.05. The van der Waals surface area contributed by atoms with E-state index in [1.807, 2.05) is 30.3 Å². The molecule has 4 heteroatoms. The number of aryl methyl sites for hydroxylation is 1. The maximum Gasteiger partial charge on any atom is 0.244 e. The van der Waals surface area contributed by atoms with E-state index in [0.717, 1.165) is 6.54 Å². The summed E-state index contributed by atoms with van der Waals surface area (Å²) in [5.41, 5.74) is 3.34. The van der Waals surface area contributed by atoms with Crippen LogP contribution < -0.4 is 28.5 Å². The highest BCUT2D eigenvalue weighted by atomic mass is 127. The van der Waals surface area contributed by atoms with Crippen molar-refractivity contribution < 1.29 is 28.5 Å². The number of hydrogen-bond acceptors (Lipinski definition) is 0. The molecule has 1 aromatic rings. The molecule has 0 atom stereocenters. The minimum Gasteiger partial charge on any atom is -1.00 e. The number of imidazole rings is 1. The van der Waals surface area contributed by atoms with Crippen LogP contribution in [0.5, 0.6) is 0 Å². The summed E-state index contributed by atoms with van der Waals surface area (Å²) in [5.74, 6) is 3.22. The molecule has 0 aromatic carbocycles. The monoisotopic (exact) mass is 320 g/mol. The molecule has 0 saturated carbocycles. The molecule has 0 amide bonds. The third-order valence-corrected chi connectivity index (χ3v) is 2.48. The van der Waals surface area contributed by atoms with E-state index in [2.05, 4.69) is 35.7 Å². The maximum atomic E-state index is 3.34. The molecule has 0 radical (unpaired) electrons. The first-order chi connectivity index (χ1) is 5.97. The normalized spacial score (nSPS) is 10.0. The van der Waals surface area contributed by atoms with Crippen LogP contribution in [0, 0.1) is 11.5 Å². The Morgan fingerprint density at radius 2 is 2.00 bits per heavy atom. The third kappa shape index (κ3) is 5.45. The molecule has 0 aliphatic heterocycles. The minimum absolute atomic E-state index is 0. The first kappa shape index (κ1) is 13.7. The summed E-state index contributed by atoms with van der Waals surface area (Å²) in [6.07, 6.45) is 6.11. The highest BCUT2D eigenvalue weighted by Crippen LogP contribution is 1.96. The maximum absolute atomic E-state index is 3.34.